The van der Waals surface area contributed by atoms with Crippen molar-refractivity contribution in [1.29, 1.82) is 0 Å². The van der Waals surface area contributed by atoms with Gasteiger partial charge in [0.05, 0.1) is 36.5 Å². The molecule has 3 amide bonds. The maximum atomic E-state index is 15.8. The van der Waals surface area contributed by atoms with Crippen molar-refractivity contribution in [3.05, 3.63) is 46.9 Å². The second-order valence-electron chi connectivity index (χ2n) is 9.89. The van der Waals surface area contributed by atoms with Gasteiger partial charge in [0.2, 0.25) is 0 Å². The minimum Gasteiger partial charge on any atom is -0.377 e. The van der Waals surface area contributed by atoms with Crippen LogP contribution in [0.1, 0.15) is 72.1 Å². The number of rotatable bonds is 5. The van der Waals surface area contributed by atoms with E-state index in [0.717, 1.165) is 25.7 Å². The first-order valence-corrected chi connectivity index (χ1v) is 12.4. The normalized spacial score (nSPS) is 23.5. The lowest BCUT2D eigenvalue weighted by molar-refractivity contribution is 0.0126. The average Bonchev–Trinajstić information content (AvgIpc) is 3.50. The number of hydrogen-bond donors (Lipinski definition) is 3. The van der Waals surface area contributed by atoms with Crippen molar-refractivity contribution in [2.24, 2.45) is 17.6 Å². The van der Waals surface area contributed by atoms with Crippen LogP contribution in [0.25, 0.3) is 11.0 Å². The number of imidazole rings is 1. The first kappa shape index (κ1) is 24.2. The van der Waals surface area contributed by atoms with E-state index < -0.39 is 23.9 Å². The van der Waals surface area contributed by atoms with Crippen LogP contribution in [0.5, 0.6) is 0 Å². The number of urea groups is 1. The molecule has 2 fully saturated rings. The highest BCUT2D eigenvalue weighted by atomic mass is 19.1. The largest absolute Gasteiger partial charge is 0.377 e. The minimum absolute atomic E-state index is 0.144. The van der Waals surface area contributed by atoms with E-state index in [-0.39, 0.29) is 23.9 Å². The molecule has 2 aliphatic rings. The number of hydrogen-bond acceptors (Lipinski definition) is 6. The number of carbonyl (C=O) groups excluding carboxylic acids is 2. The maximum Gasteiger partial charge on any atom is 0.315 e. The van der Waals surface area contributed by atoms with Crippen LogP contribution in [0.15, 0.2) is 22.9 Å². The van der Waals surface area contributed by atoms with E-state index in [9.17, 15) is 9.59 Å². The summed E-state index contributed by atoms with van der Waals surface area (Å²) in [6.07, 6.45) is 5.27. The number of H-pyrrole nitrogens is 1. The number of aromatic amines is 1. The van der Waals surface area contributed by atoms with Crippen molar-refractivity contribution >= 4 is 23.0 Å². The second kappa shape index (κ2) is 9.88. The summed E-state index contributed by atoms with van der Waals surface area (Å²) in [4.78, 5) is 34.3. The summed E-state index contributed by atoms with van der Waals surface area (Å²) >= 11 is 0. The average molecular weight is 499 g/mol. The molecular weight excluding hydrogens is 467 g/mol. The van der Waals surface area contributed by atoms with Gasteiger partial charge in [0.25, 0.3) is 5.91 Å². The molecule has 1 saturated carbocycles. The molecule has 1 unspecified atom stereocenters. The topological polar surface area (TPSA) is 139 Å². The van der Waals surface area contributed by atoms with Crippen molar-refractivity contribution in [3.8, 4) is 0 Å². The number of aryl methyl sites for hydroxylation is 1. The second-order valence-corrected chi connectivity index (χ2v) is 9.89. The zero-order chi connectivity index (χ0) is 25.4. The first-order valence-electron chi connectivity index (χ1n) is 12.4. The number of fused-ring (bicyclic) bond motifs is 1. The fourth-order valence-electron chi connectivity index (χ4n) is 5.36. The first-order chi connectivity index (χ1) is 17.3. The lowest BCUT2D eigenvalue weighted by Crippen LogP contribution is -2.46. The van der Waals surface area contributed by atoms with Gasteiger partial charge in [-0.1, -0.05) is 31.0 Å². The predicted octanol–water partition coefficient (Wildman–Crippen LogP) is 3.75. The number of primary amides is 1. The van der Waals surface area contributed by atoms with Gasteiger partial charge in [-0.3, -0.25) is 4.79 Å². The van der Waals surface area contributed by atoms with Gasteiger partial charge in [-0.2, -0.15) is 0 Å². The summed E-state index contributed by atoms with van der Waals surface area (Å²) in [5.41, 5.74) is 7.35. The van der Waals surface area contributed by atoms with Gasteiger partial charge in [-0.05, 0) is 37.7 Å². The van der Waals surface area contributed by atoms with Crippen LogP contribution in [0, 0.1) is 24.6 Å². The molecule has 0 bridgehead atoms. The SMILES string of the molecule is Cc1nocc1C(=O)N[C@H](c1nc2c(F)c(C3COCCN3C(N)=O)ccc2[nH]1)C1CCC(C)CC1. The molecule has 3 heterocycles. The summed E-state index contributed by atoms with van der Waals surface area (Å²) < 4.78 is 26.2. The van der Waals surface area contributed by atoms with Gasteiger partial charge in [-0.15, -0.1) is 0 Å². The maximum absolute atomic E-state index is 15.8. The third kappa shape index (κ3) is 4.55. The minimum atomic E-state index is -0.632. The Kier molecular flexibility index (Phi) is 6.65. The Labute approximate surface area is 207 Å². The number of morpholine rings is 1. The number of halogens is 1. The number of nitrogens with one attached hydrogen (secondary N) is 2. The molecule has 10 nitrogen and oxygen atoms in total. The van der Waals surface area contributed by atoms with Crippen LogP contribution < -0.4 is 11.1 Å². The molecule has 3 aromatic rings. The highest BCUT2D eigenvalue weighted by molar-refractivity contribution is 5.95. The van der Waals surface area contributed by atoms with Gasteiger partial charge in [-0.25, -0.2) is 14.2 Å². The molecular formula is C25H31FN6O4. The van der Waals surface area contributed by atoms with E-state index in [0.29, 0.717) is 47.2 Å². The van der Waals surface area contributed by atoms with Crippen molar-refractivity contribution in [1.82, 2.24) is 25.3 Å². The molecule has 1 aromatic carbocycles. The Morgan fingerprint density at radius 3 is 2.75 bits per heavy atom. The Hall–Kier alpha value is -3.47. The summed E-state index contributed by atoms with van der Waals surface area (Å²) in [7, 11) is 0. The van der Waals surface area contributed by atoms with Gasteiger partial charge in [0.15, 0.2) is 5.82 Å². The molecule has 4 N–H and O–H groups in total. The van der Waals surface area contributed by atoms with Crippen molar-refractivity contribution in [2.75, 3.05) is 19.8 Å². The number of benzene rings is 1. The highest BCUT2D eigenvalue weighted by Crippen LogP contribution is 2.37. The van der Waals surface area contributed by atoms with E-state index in [4.69, 9.17) is 15.0 Å². The quantitative estimate of drug-likeness (QED) is 0.490. The molecule has 36 heavy (non-hydrogen) atoms. The van der Waals surface area contributed by atoms with Crippen LogP contribution in [0.3, 0.4) is 0 Å². The molecule has 0 radical (unpaired) electrons. The van der Waals surface area contributed by atoms with E-state index in [1.54, 1.807) is 19.1 Å². The molecule has 192 valence electrons. The zero-order valence-electron chi connectivity index (χ0n) is 20.4. The van der Waals surface area contributed by atoms with Crippen molar-refractivity contribution < 1.29 is 23.2 Å². The summed E-state index contributed by atoms with van der Waals surface area (Å²) in [6.45, 7) is 4.73. The van der Waals surface area contributed by atoms with E-state index in [1.165, 1.54) is 11.2 Å². The predicted molar refractivity (Wildman–Crippen MR) is 128 cm³/mol. The molecule has 1 saturated heterocycles. The molecule has 1 aliphatic carbocycles. The van der Waals surface area contributed by atoms with Gasteiger partial charge in [0, 0.05) is 12.1 Å². The van der Waals surface area contributed by atoms with Gasteiger partial charge in [0.1, 0.15) is 23.2 Å². The monoisotopic (exact) mass is 498 g/mol. The van der Waals surface area contributed by atoms with Gasteiger partial charge < -0.3 is 30.2 Å². The lowest BCUT2D eigenvalue weighted by atomic mass is 9.79. The standard InChI is InChI=1S/C25H31FN6O4/c1-13-3-5-15(6-4-13)21(30-24(33)17-11-36-31-14(17)2)23-28-18-8-7-16(20(26)22(18)29-23)19-12-35-10-9-32(19)25(27)34/h7-8,11,13,15,19,21H,3-6,9-10,12H2,1-2H3,(H2,27,34)(H,28,29)(H,30,33)/t13?,15?,19?,21-/m0/s1. The number of aromatic nitrogens is 3. The van der Waals surface area contributed by atoms with E-state index >= 15 is 4.39 Å². The molecule has 0 spiro atoms. The van der Waals surface area contributed by atoms with Crippen LogP contribution in [-0.4, -0.2) is 51.7 Å². The van der Waals surface area contributed by atoms with Crippen LogP contribution in [-0.2, 0) is 4.74 Å². The molecule has 11 heteroatoms. The Balaban J connectivity index is 1.50. The number of carbonyl (C=O) groups is 2. The van der Waals surface area contributed by atoms with Crippen molar-refractivity contribution in [3.63, 3.8) is 0 Å². The molecule has 5 rings (SSSR count). The lowest BCUT2D eigenvalue weighted by Gasteiger charge is -2.34. The smallest absolute Gasteiger partial charge is 0.315 e. The van der Waals surface area contributed by atoms with Crippen LogP contribution in [0.2, 0.25) is 0 Å². The van der Waals surface area contributed by atoms with Crippen molar-refractivity contribution in [2.45, 2.75) is 51.6 Å². The molecule has 2 atom stereocenters. The number of nitrogens with zero attached hydrogens (tertiary/aromatic N) is 3. The number of ether oxygens (including phenoxy) is 1. The molecule has 1 aliphatic heterocycles. The van der Waals surface area contributed by atoms with Crippen LogP contribution >= 0.6 is 0 Å². The Morgan fingerprint density at radius 2 is 2.06 bits per heavy atom. The Morgan fingerprint density at radius 1 is 1.28 bits per heavy atom. The van der Waals surface area contributed by atoms with E-state index in [1.807, 2.05) is 0 Å². The molecule has 2 aromatic heterocycles. The highest BCUT2D eigenvalue weighted by Gasteiger charge is 2.34. The third-order valence-electron chi connectivity index (χ3n) is 7.52. The van der Waals surface area contributed by atoms with Gasteiger partial charge >= 0.3 is 6.03 Å². The fraction of sp³-hybridized carbons (Fsp3) is 0.520. The zero-order valence-corrected chi connectivity index (χ0v) is 20.4. The fourth-order valence-corrected chi connectivity index (χ4v) is 5.36. The van der Waals surface area contributed by atoms with E-state index in [2.05, 4.69) is 27.4 Å². The third-order valence-corrected chi connectivity index (χ3v) is 7.52. The number of nitrogens with two attached hydrogens (primary N) is 1. The summed E-state index contributed by atoms with van der Waals surface area (Å²) in [5.74, 6) is 0.421. The summed E-state index contributed by atoms with van der Waals surface area (Å²) in [5, 5.41) is 6.90. The van der Waals surface area contributed by atoms with Crippen LogP contribution in [0.4, 0.5) is 9.18 Å². The number of amides is 3. The Bertz CT molecular complexity index is 1260. The summed E-state index contributed by atoms with van der Waals surface area (Å²) in [6, 6.07) is 1.68.